The van der Waals surface area contributed by atoms with E-state index in [4.69, 9.17) is 9.26 Å². The predicted molar refractivity (Wildman–Crippen MR) is 111 cm³/mol. The quantitative estimate of drug-likeness (QED) is 0.549. The number of nitrogens with zero attached hydrogens (tertiary/aromatic N) is 5. The van der Waals surface area contributed by atoms with Crippen molar-refractivity contribution in [1.29, 1.82) is 0 Å². The summed E-state index contributed by atoms with van der Waals surface area (Å²) in [5.74, 6) is 0.446. The molecule has 10 heteroatoms. The van der Waals surface area contributed by atoms with Gasteiger partial charge in [-0.15, -0.1) is 6.58 Å². The van der Waals surface area contributed by atoms with Crippen molar-refractivity contribution in [2.24, 2.45) is 0 Å². The second-order valence-electron chi connectivity index (χ2n) is 7.15. The maximum absolute atomic E-state index is 12.9. The number of amides is 2. The third-order valence-corrected chi connectivity index (χ3v) is 5.02. The van der Waals surface area contributed by atoms with E-state index in [1.54, 1.807) is 17.9 Å². The van der Waals surface area contributed by atoms with Gasteiger partial charge in [-0.1, -0.05) is 11.2 Å². The Morgan fingerprint density at radius 1 is 1.37 bits per heavy atom. The number of fused-ring (bicyclic) bond motifs is 1. The van der Waals surface area contributed by atoms with E-state index in [-0.39, 0.29) is 18.2 Å². The van der Waals surface area contributed by atoms with Crippen LogP contribution < -0.4 is 10.2 Å². The lowest BCUT2D eigenvalue weighted by atomic mass is 10.2. The van der Waals surface area contributed by atoms with Gasteiger partial charge in [0.25, 0.3) is 11.6 Å². The minimum Gasteiger partial charge on any atom is -0.368 e. The topological polar surface area (TPSA) is 114 Å². The third-order valence-electron chi connectivity index (χ3n) is 5.02. The van der Waals surface area contributed by atoms with E-state index in [1.165, 1.54) is 6.33 Å². The number of anilines is 1. The van der Waals surface area contributed by atoms with E-state index in [2.05, 4.69) is 27.0 Å². The molecular formula is C20H28N6O4. The van der Waals surface area contributed by atoms with Crippen molar-refractivity contribution in [2.45, 2.75) is 32.8 Å². The first-order valence-corrected chi connectivity index (χ1v) is 10.1. The smallest absolute Gasteiger partial charge is 0.263 e. The van der Waals surface area contributed by atoms with Gasteiger partial charge in [0.2, 0.25) is 5.91 Å². The maximum atomic E-state index is 12.9. The SMILES string of the molecule is C=CCCOC(C)C(=O)N1CCC(=O)NCCN(c2ncnc3onc(C)c23)CC1. The average Bonchev–Trinajstić information content (AvgIpc) is 3.13. The van der Waals surface area contributed by atoms with Crippen molar-refractivity contribution in [3.8, 4) is 0 Å². The Morgan fingerprint density at radius 3 is 3.00 bits per heavy atom. The Bertz CT molecular complexity index is 899. The summed E-state index contributed by atoms with van der Waals surface area (Å²) >= 11 is 0. The number of nitrogens with one attached hydrogen (secondary N) is 1. The van der Waals surface area contributed by atoms with Crippen LogP contribution in [0, 0.1) is 6.92 Å². The molecule has 1 atom stereocenters. The van der Waals surface area contributed by atoms with Gasteiger partial charge in [0, 0.05) is 39.1 Å². The van der Waals surface area contributed by atoms with Crippen LogP contribution in [0.4, 0.5) is 5.82 Å². The normalized spacial score (nSPS) is 16.9. The zero-order valence-corrected chi connectivity index (χ0v) is 17.5. The highest BCUT2D eigenvalue weighted by atomic mass is 16.5. The van der Waals surface area contributed by atoms with Crippen LogP contribution in [0.2, 0.25) is 0 Å². The molecule has 0 aliphatic carbocycles. The zero-order chi connectivity index (χ0) is 21.5. The highest BCUT2D eigenvalue weighted by molar-refractivity contribution is 5.88. The van der Waals surface area contributed by atoms with Crippen molar-refractivity contribution < 1.29 is 18.8 Å². The number of hydrogen-bond donors (Lipinski definition) is 1. The molecule has 2 aromatic heterocycles. The number of aromatic nitrogens is 3. The lowest BCUT2D eigenvalue weighted by molar-refractivity contribution is -0.142. The Kier molecular flexibility index (Phi) is 7.34. The molecule has 1 aliphatic rings. The maximum Gasteiger partial charge on any atom is 0.263 e. The molecule has 10 nitrogen and oxygen atoms in total. The number of rotatable bonds is 6. The fourth-order valence-corrected chi connectivity index (χ4v) is 3.35. The molecule has 1 fully saturated rings. The predicted octanol–water partition coefficient (Wildman–Crippen LogP) is 1.06. The summed E-state index contributed by atoms with van der Waals surface area (Å²) in [6, 6.07) is 0. The standard InChI is InChI=1S/C20H28N6O4/c1-4-5-12-29-15(3)20(28)26-8-6-16(27)21-7-9-25(10-11-26)18-17-14(2)24-30-19(17)23-13-22-18/h4,13,15H,1,5-12H2,2-3H3,(H,21,27). The van der Waals surface area contributed by atoms with Crippen LogP contribution in [-0.4, -0.2) is 77.3 Å². The van der Waals surface area contributed by atoms with Crippen molar-refractivity contribution >= 4 is 28.7 Å². The van der Waals surface area contributed by atoms with Gasteiger partial charge in [0.05, 0.1) is 12.3 Å². The highest BCUT2D eigenvalue weighted by Crippen LogP contribution is 2.25. The minimum absolute atomic E-state index is 0.0936. The molecule has 1 saturated heterocycles. The molecule has 30 heavy (non-hydrogen) atoms. The first-order chi connectivity index (χ1) is 14.5. The van der Waals surface area contributed by atoms with Gasteiger partial charge in [-0.25, -0.2) is 4.98 Å². The molecule has 0 saturated carbocycles. The number of hydrogen-bond acceptors (Lipinski definition) is 8. The summed E-state index contributed by atoms with van der Waals surface area (Å²) in [6.07, 6.45) is 3.52. The molecule has 2 amide bonds. The first kappa shape index (κ1) is 21.7. The van der Waals surface area contributed by atoms with Crippen molar-refractivity contribution in [2.75, 3.05) is 44.2 Å². The van der Waals surface area contributed by atoms with Crippen LogP contribution >= 0.6 is 0 Å². The Hall–Kier alpha value is -3.01. The molecule has 1 unspecified atom stereocenters. The molecule has 0 aromatic carbocycles. The van der Waals surface area contributed by atoms with E-state index >= 15 is 0 Å². The number of aryl methyl sites for hydroxylation is 1. The first-order valence-electron chi connectivity index (χ1n) is 10.1. The van der Waals surface area contributed by atoms with Gasteiger partial charge in [0.1, 0.15) is 23.6 Å². The molecule has 0 bridgehead atoms. The molecular weight excluding hydrogens is 388 g/mol. The zero-order valence-electron chi connectivity index (χ0n) is 17.5. The van der Waals surface area contributed by atoms with Crippen LogP contribution in [0.3, 0.4) is 0 Å². The van der Waals surface area contributed by atoms with Crippen molar-refractivity contribution in [3.63, 3.8) is 0 Å². The Labute approximate surface area is 175 Å². The largest absolute Gasteiger partial charge is 0.368 e. The van der Waals surface area contributed by atoms with Crippen molar-refractivity contribution in [1.82, 2.24) is 25.3 Å². The molecule has 0 radical (unpaired) electrons. The lowest BCUT2D eigenvalue weighted by Crippen LogP contribution is -2.48. The van der Waals surface area contributed by atoms with E-state index < -0.39 is 6.10 Å². The van der Waals surface area contributed by atoms with Gasteiger partial charge in [-0.2, -0.15) is 4.98 Å². The second-order valence-corrected chi connectivity index (χ2v) is 7.15. The number of carbonyl (C=O) groups excluding carboxylic acids is 2. The Balaban J connectivity index is 1.78. The van der Waals surface area contributed by atoms with E-state index in [0.717, 1.165) is 5.39 Å². The summed E-state index contributed by atoms with van der Waals surface area (Å²) in [5, 5.41) is 7.61. The summed E-state index contributed by atoms with van der Waals surface area (Å²) in [4.78, 5) is 37.3. The lowest BCUT2D eigenvalue weighted by Gasteiger charge is -2.31. The average molecular weight is 416 g/mol. The second kappa shape index (κ2) is 10.1. The van der Waals surface area contributed by atoms with Crippen LogP contribution in [0.25, 0.3) is 11.1 Å². The molecule has 1 aliphatic heterocycles. The molecule has 162 valence electrons. The molecule has 1 N–H and O–H groups in total. The molecule has 3 rings (SSSR count). The molecule has 3 heterocycles. The number of ether oxygens (including phenoxy) is 1. The van der Waals surface area contributed by atoms with Crippen LogP contribution in [0.15, 0.2) is 23.5 Å². The highest BCUT2D eigenvalue weighted by Gasteiger charge is 2.25. The summed E-state index contributed by atoms with van der Waals surface area (Å²) in [6.45, 7) is 9.98. The number of carbonyl (C=O) groups is 2. The summed E-state index contributed by atoms with van der Waals surface area (Å²) in [7, 11) is 0. The van der Waals surface area contributed by atoms with Gasteiger partial charge in [-0.3, -0.25) is 9.59 Å². The van der Waals surface area contributed by atoms with Crippen LogP contribution in [-0.2, 0) is 14.3 Å². The monoisotopic (exact) mass is 416 g/mol. The summed E-state index contributed by atoms with van der Waals surface area (Å²) in [5.41, 5.74) is 1.11. The Morgan fingerprint density at radius 2 is 2.20 bits per heavy atom. The van der Waals surface area contributed by atoms with E-state index in [9.17, 15) is 9.59 Å². The molecule has 0 spiro atoms. The van der Waals surface area contributed by atoms with Crippen molar-refractivity contribution in [3.05, 3.63) is 24.7 Å². The van der Waals surface area contributed by atoms with Crippen LogP contribution in [0.1, 0.15) is 25.5 Å². The van der Waals surface area contributed by atoms with Gasteiger partial charge in [-0.05, 0) is 20.3 Å². The van der Waals surface area contributed by atoms with E-state index in [1.807, 2.05) is 11.8 Å². The fourth-order valence-electron chi connectivity index (χ4n) is 3.35. The van der Waals surface area contributed by atoms with Gasteiger partial charge < -0.3 is 24.4 Å². The minimum atomic E-state index is -0.588. The summed E-state index contributed by atoms with van der Waals surface area (Å²) < 4.78 is 10.9. The fraction of sp³-hybridized carbons (Fsp3) is 0.550. The molecule has 2 aromatic rings. The van der Waals surface area contributed by atoms with Gasteiger partial charge in [0.15, 0.2) is 0 Å². The van der Waals surface area contributed by atoms with E-state index in [0.29, 0.717) is 63.0 Å². The van der Waals surface area contributed by atoms with Crippen LogP contribution in [0.5, 0.6) is 0 Å². The van der Waals surface area contributed by atoms with Gasteiger partial charge >= 0.3 is 0 Å². The third kappa shape index (κ3) is 5.12.